The SMILES string of the molecule is Cc1cc2c(C34CC(C(F)(F)F)(C3)C4)nc(C3CCOC(c4ccc(=O)n(C)c4)C3)nc2nc1C. The molecule has 2 unspecified atom stereocenters. The maximum atomic E-state index is 13.6. The Labute approximate surface area is 200 Å². The number of alkyl halides is 3. The van der Waals surface area contributed by atoms with Crippen LogP contribution in [0, 0.1) is 19.3 Å². The maximum Gasteiger partial charge on any atom is 0.394 e. The molecule has 1 saturated heterocycles. The van der Waals surface area contributed by atoms with Crippen molar-refractivity contribution in [2.75, 3.05) is 6.61 Å². The number of hydrogen-bond acceptors (Lipinski definition) is 5. The third-order valence-electron chi connectivity index (χ3n) is 8.41. The molecule has 4 heterocycles. The van der Waals surface area contributed by atoms with Gasteiger partial charge >= 0.3 is 6.18 Å². The van der Waals surface area contributed by atoms with Crippen LogP contribution >= 0.6 is 0 Å². The molecule has 2 bridgehead atoms. The summed E-state index contributed by atoms with van der Waals surface area (Å²) in [6, 6.07) is 5.30. The number of rotatable bonds is 3. The van der Waals surface area contributed by atoms with Crippen molar-refractivity contribution in [3.8, 4) is 0 Å². The van der Waals surface area contributed by atoms with Gasteiger partial charge in [-0.2, -0.15) is 13.2 Å². The molecule has 9 heteroatoms. The Bertz CT molecular complexity index is 1390. The number of hydrogen-bond donors (Lipinski definition) is 0. The quantitative estimate of drug-likeness (QED) is 0.526. The van der Waals surface area contributed by atoms with Gasteiger partial charge in [0.25, 0.3) is 0 Å². The third kappa shape index (κ3) is 3.34. The van der Waals surface area contributed by atoms with Crippen LogP contribution in [0.4, 0.5) is 13.2 Å². The van der Waals surface area contributed by atoms with Gasteiger partial charge in [-0.15, -0.1) is 0 Å². The molecule has 1 aliphatic heterocycles. The van der Waals surface area contributed by atoms with Gasteiger partial charge in [-0.25, -0.2) is 15.0 Å². The summed E-state index contributed by atoms with van der Waals surface area (Å²) in [5.74, 6) is 0.619. The largest absolute Gasteiger partial charge is 0.394 e. The number of aryl methyl sites for hydroxylation is 3. The topological polar surface area (TPSA) is 69.9 Å². The average molecular weight is 485 g/mol. The molecule has 0 N–H and O–H groups in total. The number of halogens is 3. The van der Waals surface area contributed by atoms with E-state index in [1.807, 2.05) is 19.9 Å². The van der Waals surface area contributed by atoms with Crippen LogP contribution in [0.15, 0.2) is 29.2 Å². The smallest absolute Gasteiger partial charge is 0.373 e. The average Bonchev–Trinajstić information content (AvgIpc) is 2.74. The zero-order valence-corrected chi connectivity index (χ0v) is 19.9. The highest BCUT2D eigenvalue weighted by Gasteiger charge is 2.79. The summed E-state index contributed by atoms with van der Waals surface area (Å²) in [7, 11) is 1.71. The lowest BCUT2D eigenvalue weighted by Gasteiger charge is -2.70. The summed E-state index contributed by atoms with van der Waals surface area (Å²) >= 11 is 0. The van der Waals surface area contributed by atoms with E-state index in [4.69, 9.17) is 19.7 Å². The molecule has 3 aromatic rings. The fourth-order valence-electron chi connectivity index (χ4n) is 6.26. The van der Waals surface area contributed by atoms with Gasteiger partial charge in [-0.1, -0.05) is 0 Å². The van der Waals surface area contributed by atoms with E-state index in [0.29, 0.717) is 24.5 Å². The molecule has 0 aromatic carbocycles. The molecule has 7 rings (SSSR count). The predicted octanol–water partition coefficient (Wildman–Crippen LogP) is 4.96. The minimum absolute atomic E-state index is 0.0125. The summed E-state index contributed by atoms with van der Waals surface area (Å²) in [5.41, 5.74) is 1.85. The molecule has 6 nitrogen and oxygen atoms in total. The second-order valence-electron chi connectivity index (χ2n) is 10.8. The van der Waals surface area contributed by atoms with Crippen LogP contribution in [-0.2, 0) is 17.2 Å². The zero-order valence-electron chi connectivity index (χ0n) is 19.9. The van der Waals surface area contributed by atoms with Gasteiger partial charge < -0.3 is 9.30 Å². The van der Waals surface area contributed by atoms with Crippen LogP contribution < -0.4 is 5.56 Å². The molecule has 3 aromatic heterocycles. The Morgan fingerprint density at radius 3 is 2.54 bits per heavy atom. The maximum absolute atomic E-state index is 13.6. The van der Waals surface area contributed by atoms with Gasteiger partial charge in [0.2, 0.25) is 5.56 Å². The van der Waals surface area contributed by atoms with Crippen molar-refractivity contribution in [3.05, 3.63) is 63.1 Å². The van der Waals surface area contributed by atoms with Crippen molar-refractivity contribution in [2.45, 2.75) is 69.6 Å². The van der Waals surface area contributed by atoms with Crippen molar-refractivity contribution >= 4 is 11.0 Å². The number of nitrogens with zero attached hydrogens (tertiary/aromatic N) is 4. The minimum atomic E-state index is -4.17. The van der Waals surface area contributed by atoms with Crippen LogP contribution in [0.5, 0.6) is 0 Å². The lowest BCUT2D eigenvalue weighted by Crippen LogP contribution is -2.70. The fraction of sp³-hybridized carbons (Fsp3) is 0.538. The summed E-state index contributed by atoms with van der Waals surface area (Å²) < 4.78 is 48.3. The lowest BCUT2D eigenvalue weighted by molar-refractivity contribution is -0.337. The van der Waals surface area contributed by atoms with Gasteiger partial charge in [0.1, 0.15) is 5.82 Å². The van der Waals surface area contributed by atoms with Crippen LogP contribution in [0.25, 0.3) is 11.0 Å². The Hall–Kier alpha value is -2.81. The zero-order chi connectivity index (χ0) is 24.8. The molecule has 184 valence electrons. The monoisotopic (exact) mass is 484 g/mol. The van der Waals surface area contributed by atoms with E-state index in [2.05, 4.69) is 0 Å². The van der Waals surface area contributed by atoms with Gasteiger partial charge in [-0.3, -0.25) is 4.79 Å². The molecule has 4 aliphatic rings. The number of fused-ring (bicyclic) bond motifs is 1. The second-order valence-corrected chi connectivity index (χ2v) is 10.8. The summed E-state index contributed by atoms with van der Waals surface area (Å²) in [6.45, 7) is 4.38. The second kappa shape index (κ2) is 7.35. The van der Waals surface area contributed by atoms with E-state index < -0.39 is 17.0 Å². The van der Waals surface area contributed by atoms with Gasteiger partial charge in [0, 0.05) is 48.3 Å². The summed E-state index contributed by atoms with van der Waals surface area (Å²) in [6.07, 6.45) is -0.961. The Morgan fingerprint density at radius 1 is 1.11 bits per heavy atom. The molecule has 0 amide bonds. The van der Waals surface area contributed by atoms with Crippen molar-refractivity contribution < 1.29 is 17.9 Å². The highest BCUT2D eigenvalue weighted by atomic mass is 19.4. The third-order valence-corrected chi connectivity index (χ3v) is 8.41. The first-order valence-corrected chi connectivity index (χ1v) is 12.0. The molecule has 35 heavy (non-hydrogen) atoms. The number of pyridine rings is 2. The molecule has 3 aliphatic carbocycles. The molecule has 3 saturated carbocycles. The molecular formula is C26H27F3N4O2. The lowest BCUT2D eigenvalue weighted by atomic mass is 9.33. The van der Waals surface area contributed by atoms with Crippen LogP contribution in [0.1, 0.15) is 72.5 Å². The van der Waals surface area contributed by atoms with Gasteiger partial charge in [-0.05, 0) is 69.2 Å². The first-order valence-electron chi connectivity index (χ1n) is 12.0. The van der Waals surface area contributed by atoms with Crippen LogP contribution in [-0.4, -0.2) is 32.3 Å². The van der Waals surface area contributed by atoms with E-state index >= 15 is 0 Å². The predicted molar refractivity (Wildman–Crippen MR) is 123 cm³/mol. The number of aromatic nitrogens is 4. The van der Waals surface area contributed by atoms with Gasteiger partial charge in [0.05, 0.1) is 17.2 Å². The van der Waals surface area contributed by atoms with E-state index in [0.717, 1.165) is 34.3 Å². The number of ether oxygens (including phenoxy) is 1. The van der Waals surface area contributed by atoms with E-state index in [1.165, 1.54) is 10.6 Å². The van der Waals surface area contributed by atoms with Crippen molar-refractivity contribution in [3.63, 3.8) is 0 Å². The molecule has 0 radical (unpaired) electrons. The van der Waals surface area contributed by atoms with Crippen LogP contribution in [0.2, 0.25) is 0 Å². The normalized spacial score (nSPS) is 30.1. The Kier molecular flexibility index (Phi) is 4.75. The van der Waals surface area contributed by atoms with Crippen molar-refractivity contribution in [1.82, 2.24) is 19.5 Å². The standard InChI is InChI=1S/C26H27F3N4O2/c1-14-8-18-21(24-11-25(12-24,13-24)26(27,28)29)31-22(32-23(18)30-15(14)2)16-6-7-35-19(9-16)17-4-5-20(34)33(3)10-17/h4-5,8,10,16,19H,6-7,9,11-13H2,1-3H3. The van der Waals surface area contributed by atoms with E-state index in [1.54, 1.807) is 19.3 Å². The summed E-state index contributed by atoms with van der Waals surface area (Å²) in [4.78, 5) is 26.3. The Balaban J connectivity index is 1.38. The van der Waals surface area contributed by atoms with Crippen LogP contribution in [0.3, 0.4) is 0 Å². The van der Waals surface area contributed by atoms with Crippen molar-refractivity contribution in [1.29, 1.82) is 0 Å². The van der Waals surface area contributed by atoms with Crippen molar-refractivity contribution in [2.24, 2.45) is 12.5 Å². The highest BCUT2D eigenvalue weighted by molar-refractivity contribution is 5.80. The first kappa shape index (κ1) is 22.6. The summed E-state index contributed by atoms with van der Waals surface area (Å²) in [5, 5.41) is 0.772. The Morgan fingerprint density at radius 2 is 1.86 bits per heavy atom. The van der Waals surface area contributed by atoms with E-state index in [9.17, 15) is 18.0 Å². The van der Waals surface area contributed by atoms with Gasteiger partial charge in [0.15, 0.2) is 5.65 Å². The molecule has 0 spiro atoms. The first-order chi connectivity index (χ1) is 16.5. The molecular weight excluding hydrogens is 457 g/mol. The van der Waals surface area contributed by atoms with E-state index in [-0.39, 0.29) is 36.8 Å². The highest BCUT2D eigenvalue weighted by Crippen LogP contribution is 2.78. The fourth-order valence-corrected chi connectivity index (χ4v) is 6.26. The molecule has 2 atom stereocenters. The molecule has 4 fully saturated rings. The minimum Gasteiger partial charge on any atom is -0.373 e.